The fourth-order valence-corrected chi connectivity index (χ4v) is 7.63. The van der Waals surface area contributed by atoms with Crippen LogP contribution in [-0.2, 0) is 5.41 Å². The van der Waals surface area contributed by atoms with Crippen molar-refractivity contribution >= 4 is 38.9 Å². The van der Waals surface area contributed by atoms with Crippen molar-refractivity contribution in [3.63, 3.8) is 0 Å². The first kappa shape index (κ1) is 23.1. The van der Waals surface area contributed by atoms with Crippen LogP contribution >= 0.6 is 0 Å². The van der Waals surface area contributed by atoms with Crippen molar-refractivity contribution in [1.82, 2.24) is 4.57 Å². The number of hydrogen-bond donors (Lipinski definition) is 0. The number of aromatic nitrogens is 1. The molecule has 43 heavy (non-hydrogen) atoms. The van der Waals surface area contributed by atoms with Gasteiger partial charge in [0.05, 0.1) is 16.7 Å². The van der Waals surface area contributed by atoms with Gasteiger partial charge >= 0.3 is 0 Å². The van der Waals surface area contributed by atoms with Crippen LogP contribution in [0.2, 0.25) is 0 Å². The maximum Gasteiger partial charge on any atom is 0.176 e. The highest BCUT2D eigenvalue weighted by Crippen LogP contribution is 2.57. The molecule has 0 spiro atoms. The Morgan fingerprint density at radius 3 is 2.16 bits per heavy atom. The number of anilines is 3. The molecule has 2 aliphatic heterocycles. The molecule has 0 atom stereocenters. The molecular weight excluding hydrogens is 528 g/mol. The van der Waals surface area contributed by atoms with Gasteiger partial charge in [-0.05, 0) is 76.9 Å². The van der Waals surface area contributed by atoms with Crippen LogP contribution in [0.5, 0.6) is 23.0 Å². The van der Waals surface area contributed by atoms with E-state index in [1.165, 1.54) is 22.3 Å². The molecule has 4 nitrogen and oxygen atoms in total. The third kappa shape index (κ3) is 2.85. The minimum atomic E-state index is -0.0497. The molecule has 0 saturated carbocycles. The topological polar surface area (TPSA) is 26.6 Å². The van der Waals surface area contributed by atoms with Crippen LogP contribution in [0.3, 0.4) is 0 Å². The predicted molar refractivity (Wildman–Crippen MR) is 173 cm³/mol. The monoisotopic (exact) mass is 554 g/mol. The molecule has 3 heterocycles. The average Bonchev–Trinajstić information content (AvgIpc) is 3.50. The Labute approximate surface area is 249 Å². The van der Waals surface area contributed by atoms with Gasteiger partial charge in [-0.15, -0.1) is 0 Å². The quantitative estimate of drug-likeness (QED) is 0.217. The minimum absolute atomic E-state index is 0.0497. The highest BCUT2D eigenvalue weighted by molar-refractivity contribution is 6.16. The molecule has 204 valence electrons. The highest BCUT2D eigenvalue weighted by Gasteiger charge is 2.37. The van der Waals surface area contributed by atoms with Gasteiger partial charge in [-0.1, -0.05) is 80.6 Å². The summed E-state index contributed by atoms with van der Waals surface area (Å²) in [6.45, 7) is 4.65. The normalized spacial score (nSPS) is 14.4. The summed E-state index contributed by atoms with van der Waals surface area (Å²) in [5.74, 6) is 3.32. The zero-order valence-electron chi connectivity index (χ0n) is 23.8. The summed E-state index contributed by atoms with van der Waals surface area (Å²) in [5, 5.41) is 2.31. The molecule has 10 rings (SSSR count). The van der Waals surface area contributed by atoms with E-state index in [-0.39, 0.29) is 5.41 Å². The lowest BCUT2D eigenvalue weighted by molar-refractivity contribution is 0.444. The summed E-state index contributed by atoms with van der Waals surface area (Å²) < 4.78 is 15.6. The third-order valence-corrected chi connectivity index (χ3v) is 9.55. The van der Waals surface area contributed by atoms with Crippen molar-refractivity contribution in [2.45, 2.75) is 19.3 Å². The summed E-state index contributed by atoms with van der Waals surface area (Å²) in [7, 11) is 0. The molecule has 0 amide bonds. The highest BCUT2D eigenvalue weighted by atomic mass is 16.5. The Morgan fingerprint density at radius 2 is 1.28 bits per heavy atom. The number of para-hydroxylation sites is 3. The average molecular weight is 555 g/mol. The lowest BCUT2D eigenvalue weighted by atomic mass is 9.82. The minimum Gasteiger partial charge on any atom is -0.453 e. The van der Waals surface area contributed by atoms with Crippen molar-refractivity contribution in [1.29, 1.82) is 0 Å². The Kier molecular flexibility index (Phi) is 4.23. The molecule has 0 bridgehead atoms. The molecule has 0 radical (unpaired) electrons. The van der Waals surface area contributed by atoms with E-state index in [0.717, 1.165) is 67.6 Å². The Balaban J connectivity index is 1.28. The lowest BCUT2D eigenvalue weighted by Crippen LogP contribution is -2.16. The number of rotatable bonds is 3. The first-order valence-corrected chi connectivity index (χ1v) is 14.8. The number of ether oxygens (including phenoxy) is 2. The molecule has 6 aromatic carbocycles. The van der Waals surface area contributed by atoms with E-state index in [2.05, 4.69) is 126 Å². The van der Waals surface area contributed by atoms with E-state index in [0.29, 0.717) is 0 Å². The van der Waals surface area contributed by atoms with Gasteiger partial charge in [-0.25, -0.2) is 0 Å². The number of fused-ring (bicyclic) bond motifs is 4. The number of nitrogens with zero attached hydrogens (tertiary/aromatic N) is 2. The zero-order valence-corrected chi connectivity index (χ0v) is 23.8. The predicted octanol–water partition coefficient (Wildman–Crippen LogP) is 10.8. The SMILES string of the molecule is CC1(C)c2ccccc2-c2cc(N(c3ccccc3)c3ccc4c5cccc6c5n5c4c3Oc3cccc(c3-5)O6)ccc21. The van der Waals surface area contributed by atoms with Gasteiger partial charge in [-0.2, -0.15) is 0 Å². The molecule has 7 aromatic rings. The van der Waals surface area contributed by atoms with E-state index in [1.807, 2.05) is 18.2 Å². The second-order valence-electron chi connectivity index (χ2n) is 12.2. The second kappa shape index (κ2) is 7.87. The van der Waals surface area contributed by atoms with Crippen LogP contribution < -0.4 is 14.4 Å². The van der Waals surface area contributed by atoms with E-state index in [4.69, 9.17) is 9.47 Å². The number of hydrogen-bond acceptors (Lipinski definition) is 3. The fraction of sp³-hybridized carbons (Fsp3) is 0.0769. The van der Waals surface area contributed by atoms with Gasteiger partial charge < -0.3 is 14.4 Å². The molecule has 4 heteroatoms. The maximum atomic E-state index is 6.88. The summed E-state index contributed by atoms with van der Waals surface area (Å²) in [6, 6.07) is 43.1. The lowest BCUT2D eigenvalue weighted by Gasteiger charge is -2.32. The largest absolute Gasteiger partial charge is 0.453 e. The molecule has 1 aliphatic carbocycles. The van der Waals surface area contributed by atoms with E-state index in [1.54, 1.807) is 0 Å². The van der Waals surface area contributed by atoms with Gasteiger partial charge in [0.1, 0.15) is 5.69 Å². The van der Waals surface area contributed by atoms with Crippen molar-refractivity contribution in [3.8, 4) is 39.8 Å². The Morgan fingerprint density at radius 1 is 0.558 bits per heavy atom. The maximum absolute atomic E-state index is 6.88. The fourth-order valence-electron chi connectivity index (χ4n) is 7.63. The molecule has 0 saturated heterocycles. The van der Waals surface area contributed by atoms with Gasteiger partial charge in [0, 0.05) is 27.6 Å². The first-order chi connectivity index (χ1) is 21.1. The first-order valence-electron chi connectivity index (χ1n) is 14.8. The molecule has 0 fully saturated rings. The van der Waals surface area contributed by atoms with Crippen LogP contribution in [0, 0.1) is 0 Å². The summed E-state index contributed by atoms with van der Waals surface area (Å²) in [4.78, 5) is 2.34. The molecule has 3 aliphatic rings. The third-order valence-electron chi connectivity index (χ3n) is 9.55. The molecule has 0 N–H and O–H groups in total. The van der Waals surface area contributed by atoms with E-state index in [9.17, 15) is 0 Å². The number of benzene rings is 6. The van der Waals surface area contributed by atoms with E-state index < -0.39 is 0 Å². The second-order valence-corrected chi connectivity index (χ2v) is 12.2. The van der Waals surface area contributed by atoms with Crippen LogP contribution in [0.25, 0.3) is 38.6 Å². The van der Waals surface area contributed by atoms with Gasteiger partial charge in [0.25, 0.3) is 0 Å². The van der Waals surface area contributed by atoms with Crippen LogP contribution in [0.1, 0.15) is 25.0 Å². The summed E-state index contributed by atoms with van der Waals surface area (Å²) in [6.07, 6.45) is 0. The van der Waals surface area contributed by atoms with Crippen LogP contribution in [0.4, 0.5) is 17.1 Å². The van der Waals surface area contributed by atoms with Crippen LogP contribution in [-0.4, -0.2) is 4.57 Å². The molecule has 1 aromatic heterocycles. The van der Waals surface area contributed by atoms with Crippen molar-refractivity contribution in [3.05, 3.63) is 132 Å². The van der Waals surface area contributed by atoms with Gasteiger partial charge in [0.2, 0.25) is 0 Å². The smallest absolute Gasteiger partial charge is 0.176 e. The zero-order chi connectivity index (χ0) is 28.4. The van der Waals surface area contributed by atoms with Gasteiger partial charge in [0.15, 0.2) is 23.0 Å². The van der Waals surface area contributed by atoms with E-state index >= 15 is 0 Å². The van der Waals surface area contributed by atoms with Gasteiger partial charge in [-0.3, -0.25) is 4.57 Å². The molecule has 0 unspecified atom stereocenters. The van der Waals surface area contributed by atoms with Crippen LogP contribution in [0.15, 0.2) is 121 Å². The molecular formula is C39H26N2O2. The van der Waals surface area contributed by atoms with Crippen molar-refractivity contribution in [2.75, 3.05) is 4.90 Å². The van der Waals surface area contributed by atoms with Crippen molar-refractivity contribution in [2.24, 2.45) is 0 Å². The Bertz CT molecular complexity index is 2330. The van der Waals surface area contributed by atoms with Crippen molar-refractivity contribution < 1.29 is 9.47 Å². The standard InChI is InChI=1S/C39H26N2O2/c1-39(2)29-14-7-6-12-25(29)28-22-24(18-20-30(28)39)40(23-10-4-3-5-11-23)31-21-19-27-26-13-8-15-32-35(26)41-36(27)38(31)43-34-17-9-16-33(42-32)37(34)41/h3-22H,1-2H3. The summed E-state index contributed by atoms with van der Waals surface area (Å²) >= 11 is 0. The Hall–Kier alpha value is -5.48. The summed E-state index contributed by atoms with van der Waals surface area (Å²) in [5.41, 5.74) is 11.6.